The fourth-order valence-corrected chi connectivity index (χ4v) is 3.72. The van der Waals surface area contributed by atoms with Crippen LogP contribution in [0.25, 0.3) is 0 Å². The molecule has 0 aliphatic carbocycles. The smallest absolute Gasteiger partial charge is 0.251 e. The van der Waals surface area contributed by atoms with Crippen molar-refractivity contribution in [2.24, 2.45) is 10.9 Å². The number of halogens is 1. The molecule has 2 aromatic rings. The predicted octanol–water partition coefficient (Wildman–Crippen LogP) is 3.85. The summed E-state index contributed by atoms with van der Waals surface area (Å²) >= 11 is 0. The number of aliphatic imine (C=N–C) groups is 1. The largest absolute Gasteiger partial charge is 0.376 e. The molecule has 1 aliphatic heterocycles. The number of likely N-dealkylation sites (tertiary alicyclic amines) is 1. The zero-order valence-corrected chi connectivity index (χ0v) is 21.4. The molecule has 1 aliphatic rings. The van der Waals surface area contributed by atoms with Crippen LogP contribution < -0.4 is 10.6 Å². The molecular formula is C25H35IN4O2. The van der Waals surface area contributed by atoms with Gasteiger partial charge in [0.2, 0.25) is 0 Å². The minimum absolute atomic E-state index is 0. The average Bonchev–Trinajstić information content (AvgIpc) is 3.25. The first kappa shape index (κ1) is 26.1. The normalized spacial score (nSPS) is 15.9. The van der Waals surface area contributed by atoms with Crippen LogP contribution in [0.5, 0.6) is 0 Å². The number of amides is 1. The van der Waals surface area contributed by atoms with Crippen molar-refractivity contribution in [1.29, 1.82) is 0 Å². The van der Waals surface area contributed by atoms with Crippen LogP contribution in [0.4, 0.5) is 0 Å². The predicted molar refractivity (Wildman–Crippen MR) is 141 cm³/mol. The zero-order chi connectivity index (χ0) is 21.9. The van der Waals surface area contributed by atoms with Gasteiger partial charge in [-0.25, -0.2) is 0 Å². The van der Waals surface area contributed by atoms with Crippen LogP contribution in [0.1, 0.15) is 34.8 Å². The van der Waals surface area contributed by atoms with Gasteiger partial charge in [0.25, 0.3) is 5.91 Å². The molecule has 0 aromatic heterocycles. The lowest BCUT2D eigenvalue weighted by molar-refractivity contribution is 0.0906. The Kier molecular flexibility index (Phi) is 11.5. The molecule has 3 rings (SSSR count). The van der Waals surface area contributed by atoms with Crippen LogP contribution in [-0.2, 0) is 11.3 Å². The number of rotatable bonds is 9. The van der Waals surface area contributed by atoms with E-state index in [4.69, 9.17) is 9.73 Å². The highest BCUT2D eigenvalue weighted by Gasteiger charge is 2.25. The van der Waals surface area contributed by atoms with Gasteiger partial charge >= 0.3 is 0 Å². The van der Waals surface area contributed by atoms with E-state index in [1.54, 1.807) is 0 Å². The molecule has 6 nitrogen and oxygen atoms in total. The molecule has 1 atom stereocenters. The first-order valence-corrected chi connectivity index (χ1v) is 11.2. The number of nitrogens with zero attached hydrogens (tertiary/aromatic N) is 2. The van der Waals surface area contributed by atoms with Crippen molar-refractivity contribution >= 4 is 35.8 Å². The van der Waals surface area contributed by atoms with Crippen LogP contribution in [0.2, 0.25) is 0 Å². The lowest BCUT2D eigenvalue weighted by atomic mass is 10.1. The van der Waals surface area contributed by atoms with E-state index in [-0.39, 0.29) is 29.9 Å². The second-order valence-electron chi connectivity index (χ2n) is 7.96. The van der Waals surface area contributed by atoms with Crippen molar-refractivity contribution in [3.8, 4) is 0 Å². The highest BCUT2D eigenvalue weighted by Crippen LogP contribution is 2.17. The maximum atomic E-state index is 12.3. The molecular weight excluding hydrogens is 515 g/mol. The Morgan fingerprint density at radius 3 is 2.72 bits per heavy atom. The van der Waals surface area contributed by atoms with Crippen molar-refractivity contribution in [3.05, 3.63) is 71.3 Å². The van der Waals surface area contributed by atoms with Crippen LogP contribution in [0.15, 0.2) is 59.6 Å². The Morgan fingerprint density at radius 2 is 1.97 bits per heavy atom. The topological polar surface area (TPSA) is 66.0 Å². The van der Waals surface area contributed by atoms with Gasteiger partial charge in [-0.05, 0) is 38.0 Å². The molecule has 0 radical (unpaired) electrons. The van der Waals surface area contributed by atoms with Crippen molar-refractivity contribution in [2.45, 2.75) is 26.9 Å². The molecule has 0 bridgehead atoms. The highest BCUT2D eigenvalue weighted by atomic mass is 127. The van der Waals surface area contributed by atoms with E-state index in [2.05, 4.69) is 34.6 Å². The molecule has 2 N–H and O–H groups in total. The van der Waals surface area contributed by atoms with E-state index < -0.39 is 0 Å². The van der Waals surface area contributed by atoms with Crippen molar-refractivity contribution in [2.75, 3.05) is 39.3 Å². The number of nitrogens with one attached hydrogen (secondary N) is 2. The van der Waals surface area contributed by atoms with Crippen LogP contribution in [-0.4, -0.2) is 56.1 Å². The molecule has 1 heterocycles. The minimum atomic E-state index is -0.0549. The summed E-state index contributed by atoms with van der Waals surface area (Å²) in [6.07, 6.45) is 1.10. The van der Waals surface area contributed by atoms with Crippen molar-refractivity contribution < 1.29 is 9.53 Å². The van der Waals surface area contributed by atoms with Crippen LogP contribution >= 0.6 is 24.0 Å². The summed E-state index contributed by atoms with van der Waals surface area (Å²) in [5.41, 5.74) is 2.98. The maximum absolute atomic E-state index is 12.3. The summed E-state index contributed by atoms with van der Waals surface area (Å²) in [5, 5.41) is 6.33. The van der Waals surface area contributed by atoms with E-state index in [0.717, 1.165) is 44.2 Å². The lowest BCUT2D eigenvalue weighted by Gasteiger charge is -2.21. The Bertz CT molecular complexity index is 860. The van der Waals surface area contributed by atoms with E-state index in [1.165, 1.54) is 5.56 Å². The second kappa shape index (κ2) is 14.1. The van der Waals surface area contributed by atoms with Gasteiger partial charge in [-0.15, -0.1) is 24.0 Å². The monoisotopic (exact) mass is 550 g/mol. The maximum Gasteiger partial charge on any atom is 0.251 e. The highest BCUT2D eigenvalue weighted by molar-refractivity contribution is 14.0. The van der Waals surface area contributed by atoms with Crippen molar-refractivity contribution in [1.82, 2.24) is 15.5 Å². The first-order valence-electron chi connectivity index (χ1n) is 11.2. The molecule has 1 fully saturated rings. The molecule has 1 unspecified atom stereocenters. The SMILES string of the molecule is CCNC(=NCCNC(=O)c1cccc(C)c1)N1CCC(COCc2ccccc2)C1.I. The summed E-state index contributed by atoms with van der Waals surface area (Å²) in [7, 11) is 0. The average molecular weight is 550 g/mol. The number of ether oxygens (including phenoxy) is 1. The quantitative estimate of drug-likeness (QED) is 0.216. The Morgan fingerprint density at radius 1 is 1.16 bits per heavy atom. The summed E-state index contributed by atoms with van der Waals surface area (Å²) in [4.78, 5) is 19.3. The van der Waals surface area contributed by atoms with Crippen LogP contribution in [0, 0.1) is 12.8 Å². The van der Waals surface area contributed by atoms with E-state index in [0.29, 0.717) is 31.2 Å². The third-order valence-electron chi connectivity index (χ3n) is 5.32. The van der Waals surface area contributed by atoms with Gasteiger partial charge in [0.05, 0.1) is 19.8 Å². The Balaban J connectivity index is 0.00000363. The van der Waals surface area contributed by atoms with Gasteiger partial charge in [0.1, 0.15) is 0 Å². The fourth-order valence-electron chi connectivity index (χ4n) is 3.72. The third kappa shape index (κ3) is 8.43. The second-order valence-corrected chi connectivity index (χ2v) is 7.96. The number of hydrogen-bond acceptors (Lipinski definition) is 3. The number of aryl methyl sites for hydroxylation is 1. The van der Waals surface area contributed by atoms with E-state index in [9.17, 15) is 4.79 Å². The first-order chi connectivity index (χ1) is 15.2. The number of guanidine groups is 1. The van der Waals surface area contributed by atoms with Crippen molar-refractivity contribution in [3.63, 3.8) is 0 Å². The molecule has 32 heavy (non-hydrogen) atoms. The molecule has 7 heteroatoms. The standard InChI is InChI=1S/C25H34N4O2.HI/c1-3-26-25(28-14-13-27-24(30)23-11-7-8-20(2)16-23)29-15-12-22(17-29)19-31-18-21-9-5-4-6-10-21;/h4-11,16,22H,3,12-15,17-19H2,1-2H3,(H,26,28)(H,27,30);1H. The van der Waals surface area contributed by atoms with Gasteiger partial charge in [-0.1, -0.05) is 48.0 Å². The number of benzene rings is 2. The summed E-state index contributed by atoms with van der Waals surface area (Å²) in [6.45, 7) is 9.27. The molecule has 0 saturated carbocycles. The number of carbonyl (C=O) groups excluding carboxylic acids is 1. The summed E-state index contributed by atoms with van der Waals surface area (Å²) in [5.74, 6) is 1.37. The van der Waals surface area contributed by atoms with E-state index >= 15 is 0 Å². The van der Waals surface area contributed by atoms with Gasteiger partial charge in [0, 0.05) is 37.7 Å². The van der Waals surface area contributed by atoms with Gasteiger partial charge in [0.15, 0.2) is 5.96 Å². The van der Waals surface area contributed by atoms with Crippen LogP contribution in [0.3, 0.4) is 0 Å². The lowest BCUT2D eigenvalue weighted by Crippen LogP contribution is -2.40. The van der Waals surface area contributed by atoms with Gasteiger partial charge < -0.3 is 20.3 Å². The summed E-state index contributed by atoms with van der Waals surface area (Å²) in [6, 6.07) is 17.9. The van der Waals surface area contributed by atoms with Gasteiger partial charge in [-0.3, -0.25) is 9.79 Å². The van der Waals surface area contributed by atoms with Gasteiger partial charge in [-0.2, -0.15) is 0 Å². The number of carbonyl (C=O) groups is 1. The van der Waals surface area contributed by atoms with E-state index in [1.807, 2.05) is 49.4 Å². The zero-order valence-electron chi connectivity index (χ0n) is 19.0. The summed E-state index contributed by atoms with van der Waals surface area (Å²) < 4.78 is 5.93. The third-order valence-corrected chi connectivity index (χ3v) is 5.32. The Labute approximate surface area is 208 Å². The molecule has 2 aromatic carbocycles. The molecule has 1 amide bonds. The fraction of sp³-hybridized carbons (Fsp3) is 0.440. The molecule has 1 saturated heterocycles. The Hall–Kier alpha value is -2.13. The molecule has 0 spiro atoms. The molecule has 174 valence electrons. The number of hydrogen-bond donors (Lipinski definition) is 2. The minimum Gasteiger partial charge on any atom is -0.376 e.